The zero-order chi connectivity index (χ0) is 14.6. The average molecular weight is 282 g/mol. The third-order valence-corrected chi connectivity index (χ3v) is 4.11. The standard InChI is InChI=1S/C14H26N4O2/c1-5-14(4,19-6-2)13-16-12(20-17-13)11(3)18-9-7-15-8-10-18/h11,15H,5-10H2,1-4H3. The van der Waals surface area contributed by atoms with Crippen LogP contribution in [0.2, 0.25) is 0 Å². The lowest BCUT2D eigenvalue weighted by molar-refractivity contribution is -0.0403. The third kappa shape index (κ3) is 3.19. The molecule has 2 atom stereocenters. The highest BCUT2D eigenvalue weighted by molar-refractivity contribution is 5.01. The van der Waals surface area contributed by atoms with Crippen molar-refractivity contribution in [2.45, 2.75) is 45.8 Å². The molecule has 6 heteroatoms. The molecule has 20 heavy (non-hydrogen) atoms. The van der Waals surface area contributed by atoms with Gasteiger partial charge in [-0.25, -0.2) is 0 Å². The van der Waals surface area contributed by atoms with Crippen LogP contribution in [0.25, 0.3) is 0 Å². The highest BCUT2D eigenvalue weighted by Crippen LogP contribution is 2.28. The Balaban J connectivity index is 2.11. The SMILES string of the molecule is CCOC(C)(CC)c1noc(C(C)N2CCNCC2)n1. The fourth-order valence-corrected chi connectivity index (χ4v) is 2.49. The lowest BCUT2D eigenvalue weighted by atomic mass is 10.0. The maximum atomic E-state index is 5.79. The summed E-state index contributed by atoms with van der Waals surface area (Å²) in [4.78, 5) is 6.94. The monoisotopic (exact) mass is 282 g/mol. The van der Waals surface area contributed by atoms with E-state index >= 15 is 0 Å². The maximum Gasteiger partial charge on any atom is 0.243 e. The maximum absolute atomic E-state index is 5.79. The van der Waals surface area contributed by atoms with E-state index in [9.17, 15) is 0 Å². The summed E-state index contributed by atoms with van der Waals surface area (Å²) in [5.74, 6) is 1.33. The summed E-state index contributed by atoms with van der Waals surface area (Å²) in [5.41, 5.74) is -0.459. The number of ether oxygens (including phenoxy) is 1. The molecule has 1 N–H and O–H groups in total. The molecule has 1 aliphatic heterocycles. The Kier molecular flexibility index (Phi) is 5.12. The van der Waals surface area contributed by atoms with Gasteiger partial charge in [0, 0.05) is 32.8 Å². The normalized spacial score (nSPS) is 21.6. The van der Waals surface area contributed by atoms with Gasteiger partial charge in [0.05, 0.1) is 6.04 Å². The van der Waals surface area contributed by atoms with Crippen LogP contribution in [-0.4, -0.2) is 47.8 Å². The summed E-state index contributed by atoms with van der Waals surface area (Å²) in [6.45, 7) is 12.9. The van der Waals surface area contributed by atoms with E-state index in [4.69, 9.17) is 9.26 Å². The van der Waals surface area contributed by atoms with Gasteiger partial charge in [0.2, 0.25) is 11.7 Å². The third-order valence-electron chi connectivity index (χ3n) is 4.11. The first kappa shape index (κ1) is 15.4. The summed E-state index contributed by atoms with van der Waals surface area (Å²) in [6.07, 6.45) is 0.821. The van der Waals surface area contributed by atoms with Crippen LogP contribution in [0.5, 0.6) is 0 Å². The molecule has 1 fully saturated rings. The van der Waals surface area contributed by atoms with Gasteiger partial charge < -0.3 is 14.6 Å². The van der Waals surface area contributed by atoms with Crippen LogP contribution in [0.1, 0.15) is 51.9 Å². The van der Waals surface area contributed by atoms with Gasteiger partial charge in [0.1, 0.15) is 5.60 Å². The van der Waals surface area contributed by atoms with Crippen molar-refractivity contribution in [1.82, 2.24) is 20.4 Å². The van der Waals surface area contributed by atoms with Gasteiger partial charge in [-0.3, -0.25) is 4.90 Å². The van der Waals surface area contributed by atoms with E-state index in [1.54, 1.807) is 0 Å². The first-order valence-corrected chi connectivity index (χ1v) is 7.53. The zero-order valence-corrected chi connectivity index (χ0v) is 13.0. The molecule has 0 bridgehead atoms. The van der Waals surface area contributed by atoms with E-state index < -0.39 is 5.60 Å². The zero-order valence-electron chi connectivity index (χ0n) is 13.0. The fourth-order valence-electron chi connectivity index (χ4n) is 2.49. The largest absolute Gasteiger partial charge is 0.367 e. The predicted molar refractivity (Wildman–Crippen MR) is 76.4 cm³/mol. The highest BCUT2D eigenvalue weighted by atomic mass is 16.5. The fraction of sp³-hybridized carbons (Fsp3) is 0.857. The Bertz CT molecular complexity index is 417. The van der Waals surface area contributed by atoms with Gasteiger partial charge in [-0.1, -0.05) is 12.1 Å². The minimum atomic E-state index is -0.459. The number of piperazine rings is 1. The molecule has 6 nitrogen and oxygen atoms in total. The first-order chi connectivity index (χ1) is 9.60. The van der Waals surface area contributed by atoms with Crippen molar-refractivity contribution in [3.63, 3.8) is 0 Å². The molecule has 0 saturated carbocycles. The van der Waals surface area contributed by atoms with Gasteiger partial charge >= 0.3 is 0 Å². The predicted octanol–water partition coefficient (Wildman–Crippen LogP) is 1.70. The molecule has 2 heterocycles. The van der Waals surface area contributed by atoms with Crippen molar-refractivity contribution in [3.05, 3.63) is 11.7 Å². The number of hydrogen-bond acceptors (Lipinski definition) is 6. The van der Waals surface area contributed by atoms with E-state index in [2.05, 4.69) is 34.2 Å². The van der Waals surface area contributed by atoms with E-state index in [-0.39, 0.29) is 6.04 Å². The molecule has 1 aromatic rings. The summed E-state index contributed by atoms with van der Waals surface area (Å²) >= 11 is 0. The number of aromatic nitrogens is 2. The smallest absolute Gasteiger partial charge is 0.243 e. The molecule has 0 spiro atoms. The van der Waals surface area contributed by atoms with Crippen molar-refractivity contribution in [1.29, 1.82) is 0 Å². The van der Waals surface area contributed by atoms with Crippen LogP contribution in [0, 0.1) is 0 Å². The van der Waals surface area contributed by atoms with Crippen LogP contribution in [0.15, 0.2) is 4.52 Å². The van der Waals surface area contributed by atoms with Gasteiger partial charge in [-0.15, -0.1) is 0 Å². The van der Waals surface area contributed by atoms with Gasteiger partial charge in [0.15, 0.2) is 0 Å². The van der Waals surface area contributed by atoms with E-state index in [1.165, 1.54) is 0 Å². The quantitative estimate of drug-likeness (QED) is 0.857. The van der Waals surface area contributed by atoms with Crippen molar-refractivity contribution in [2.24, 2.45) is 0 Å². The van der Waals surface area contributed by atoms with Crippen molar-refractivity contribution >= 4 is 0 Å². The van der Waals surface area contributed by atoms with Gasteiger partial charge in [-0.05, 0) is 27.2 Å². The minimum Gasteiger partial charge on any atom is -0.367 e. The van der Waals surface area contributed by atoms with Crippen molar-refractivity contribution in [3.8, 4) is 0 Å². The lowest BCUT2D eigenvalue weighted by Crippen LogP contribution is -2.44. The molecule has 0 amide bonds. The Morgan fingerprint density at radius 2 is 2.10 bits per heavy atom. The Morgan fingerprint density at radius 3 is 2.70 bits per heavy atom. The summed E-state index contributed by atoms with van der Waals surface area (Å²) in [7, 11) is 0. The second kappa shape index (κ2) is 6.65. The molecule has 2 unspecified atom stereocenters. The Hall–Kier alpha value is -0.980. The molecular formula is C14H26N4O2. The minimum absolute atomic E-state index is 0.154. The molecular weight excluding hydrogens is 256 g/mol. The van der Waals surface area contributed by atoms with Crippen LogP contribution in [0.4, 0.5) is 0 Å². The molecule has 0 radical (unpaired) electrons. The second-order valence-electron chi connectivity index (χ2n) is 5.44. The second-order valence-corrected chi connectivity index (χ2v) is 5.44. The van der Waals surface area contributed by atoms with Gasteiger partial charge in [-0.2, -0.15) is 4.98 Å². The molecule has 1 saturated heterocycles. The molecule has 2 rings (SSSR count). The van der Waals surface area contributed by atoms with Crippen LogP contribution in [-0.2, 0) is 10.3 Å². The van der Waals surface area contributed by atoms with Crippen LogP contribution in [0.3, 0.4) is 0 Å². The summed E-state index contributed by atoms with van der Waals surface area (Å²) in [5, 5.41) is 7.49. The molecule has 114 valence electrons. The van der Waals surface area contributed by atoms with E-state index in [0.717, 1.165) is 32.6 Å². The average Bonchev–Trinajstić information content (AvgIpc) is 2.98. The van der Waals surface area contributed by atoms with Crippen LogP contribution < -0.4 is 5.32 Å². The van der Waals surface area contributed by atoms with Crippen molar-refractivity contribution in [2.75, 3.05) is 32.8 Å². The Morgan fingerprint density at radius 1 is 1.40 bits per heavy atom. The van der Waals surface area contributed by atoms with Crippen molar-refractivity contribution < 1.29 is 9.26 Å². The Labute approximate surface area is 120 Å². The number of hydrogen-bond donors (Lipinski definition) is 1. The molecule has 1 aliphatic rings. The highest BCUT2D eigenvalue weighted by Gasteiger charge is 2.32. The van der Waals surface area contributed by atoms with Gasteiger partial charge in [0.25, 0.3) is 0 Å². The van der Waals surface area contributed by atoms with E-state index in [1.807, 2.05) is 13.8 Å². The summed E-state index contributed by atoms with van der Waals surface area (Å²) in [6, 6.07) is 0.154. The topological polar surface area (TPSA) is 63.4 Å². The number of nitrogens with zero attached hydrogens (tertiary/aromatic N) is 3. The number of rotatable bonds is 6. The molecule has 1 aromatic heterocycles. The van der Waals surface area contributed by atoms with Crippen LogP contribution >= 0.6 is 0 Å². The molecule has 0 aromatic carbocycles. The lowest BCUT2D eigenvalue weighted by Gasteiger charge is -2.30. The summed E-state index contributed by atoms with van der Waals surface area (Å²) < 4.78 is 11.3. The molecule has 0 aliphatic carbocycles. The van der Waals surface area contributed by atoms with E-state index in [0.29, 0.717) is 18.3 Å². The first-order valence-electron chi connectivity index (χ1n) is 7.53. The number of nitrogens with one attached hydrogen (secondary N) is 1.